The molecule has 0 aliphatic heterocycles. The molecule has 4 N–H and O–H groups in total. The summed E-state index contributed by atoms with van der Waals surface area (Å²) in [7, 11) is 0. The number of alkyl carbamates (subject to hydrolysis) is 2. The summed E-state index contributed by atoms with van der Waals surface area (Å²) in [6.45, 7) is 7.93. The van der Waals surface area contributed by atoms with Gasteiger partial charge in [-0.2, -0.15) is 4.57 Å². The van der Waals surface area contributed by atoms with Crippen LogP contribution in [0.2, 0.25) is 0 Å². The van der Waals surface area contributed by atoms with E-state index >= 15 is 0 Å². The first-order valence-electron chi connectivity index (χ1n) is 16.6. The van der Waals surface area contributed by atoms with Crippen molar-refractivity contribution in [2.75, 3.05) is 12.7 Å². The summed E-state index contributed by atoms with van der Waals surface area (Å²) in [6, 6.07) is 33.6. The highest BCUT2D eigenvalue weighted by molar-refractivity contribution is 6.17. The molecule has 276 valence electrons. The normalized spacial score (nSPS) is 11.6. The fraction of sp³-hybridized carbons (Fsp3) is 0.333. The Bertz CT molecular complexity index is 1530. The van der Waals surface area contributed by atoms with E-state index in [0.29, 0.717) is 12.2 Å². The molecule has 0 aliphatic carbocycles. The fourth-order valence-corrected chi connectivity index (χ4v) is 4.73. The van der Waals surface area contributed by atoms with E-state index in [1.807, 2.05) is 99.6 Å². The molecule has 0 aliphatic rings. The number of carbonyl (C=O) groups is 3. The molecule has 0 spiro atoms. The highest BCUT2D eigenvalue weighted by atomic mass is 35.5. The number of hydrogen-bond acceptors (Lipinski definition) is 7. The van der Waals surface area contributed by atoms with E-state index in [2.05, 4.69) is 27.5 Å². The molecule has 12 heteroatoms. The summed E-state index contributed by atoms with van der Waals surface area (Å²) in [5, 5.41) is 5.47. The van der Waals surface area contributed by atoms with Crippen LogP contribution in [0, 0.1) is 0 Å². The van der Waals surface area contributed by atoms with E-state index in [1.165, 1.54) is 11.1 Å². The number of aromatic nitrogens is 1. The number of carbonyl (C=O) groups excluding carboxylic acids is 3. The zero-order valence-electron chi connectivity index (χ0n) is 29.7. The number of nitrogens with two attached hydrogens (primary N) is 1. The Kier molecular flexibility index (Phi) is 22.8. The van der Waals surface area contributed by atoms with Gasteiger partial charge >= 0.3 is 18.2 Å². The van der Waals surface area contributed by atoms with Gasteiger partial charge in [-0.25, -0.2) is 14.4 Å². The van der Waals surface area contributed by atoms with Crippen LogP contribution in [0.1, 0.15) is 54.7 Å². The van der Waals surface area contributed by atoms with Crippen molar-refractivity contribution in [2.24, 2.45) is 5.73 Å². The Morgan fingerprint density at radius 1 is 0.686 bits per heavy atom. The smallest absolute Gasteiger partial charge is 0.412 e. The maximum Gasteiger partial charge on any atom is 0.412 e. The van der Waals surface area contributed by atoms with Crippen LogP contribution in [0.15, 0.2) is 116 Å². The van der Waals surface area contributed by atoms with Gasteiger partial charge in [-0.1, -0.05) is 103 Å². The van der Waals surface area contributed by atoms with Crippen molar-refractivity contribution >= 4 is 42.2 Å². The lowest BCUT2D eigenvalue weighted by Gasteiger charge is -2.13. The average Bonchev–Trinajstić information content (AvgIpc) is 3.09. The first-order valence-corrected chi connectivity index (χ1v) is 17.1. The zero-order valence-corrected chi connectivity index (χ0v) is 31.3. The summed E-state index contributed by atoms with van der Waals surface area (Å²) >= 11 is 5.26. The summed E-state index contributed by atoms with van der Waals surface area (Å²) in [5.74, 6) is -0.405. The van der Waals surface area contributed by atoms with Gasteiger partial charge in [0.05, 0.1) is 6.61 Å². The standard InChI is InChI=1S/C19H22N2O4.C11H14ClNO2.C9H13N.ClH/c1-3-24-18(22)17-10-7-11-21(13-17)14-25-19(23)20-15(2)12-16-8-5-4-6-9-16;1-9(13-11(14)15-8-12)7-10-5-3-2-4-6-10;1-8(10)7-9-5-3-2-4-6-9;/h4-11,13,15H,3,12,14H2,1-2H3;2-6,9H,7-8H2,1H3,(H,13,14);2-6,8H,7,10H2,1H3;1H/p+1/t15-;9-;8-;/m000./s1. The third-order valence-corrected chi connectivity index (χ3v) is 6.91. The number of rotatable bonds is 13. The third kappa shape index (κ3) is 20.6. The quantitative estimate of drug-likeness (QED) is 0.0582. The Morgan fingerprint density at radius 2 is 1.14 bits per heavy atom. The molecule has 0 saturated carbocycles. The Labute approximate surface area is 313 Å². The maximum absolute atomic E-state index is 11.9. The number of alkyl halides is 1. The summed E-state index contributed by atoms with van der Waals surface area (Å²) in [4.78, 5) is 34.6. The van der Waals surface area contributed by atoms with Crippen molar-refractivity contribution in [1.29, 1.82) is 0 Å². The van der Waals surface area contributed by atoms with Crippen molar-refractivity contribution in [3.8, 4) is 0 Å². The molecule has 0 fully saturated rings. The molecule has 3 atom stereocenters. The minimum Gasteiger partial charge on any atom is -0.462 e. The Hall–Kier alpha value is -4.64. The van der Waals surface area contributed by atoms with E-state index in [9.17, 15) is 14.4 Å². The van der Waals surface area contributed by atoms with E-state index < -0.39 is 18.2 Å². The highest BCUT2D eigenvalue weighted by Crippen LogP contribution is 2.05. The number of halogens is 2. The van der Waals surface area contributed by atoms with Crippen LogP contribution in [0.4, 0.5) is 9.59 Å². The fourth-order valence-electron chi connectivity index (χ4n) is 4.63. The Morgan fingerprint density at radius 3 is 1.57 bits per heavy atom. The topological polar surface area (TPSA) is 133 Å². The lowest BCUT2D eigenvalue weighted by molar-refractivity contribution is -0.727. The molecular weight excluding hydrogens is 691 g/mol. The molecule has 4 aromatic rings. The van der Waals surface area contributed by atoms with Gasteiger partial charge in [-0.05, 0) is 69.7 Å². The first-order chi connectivity index (χ1) is 24.1. The molecule has 4 rings (SSSR count). The van der Waals surface area contributed by atoms with Gasteiger partial charge < -0.3 is 30.6 Å². The highest BCUT2D eigenvalue weighted by Gasteiger charge is 2.14. The van der Waals surface area contributed by atoms with Crippen molar-refractivity contribution < 1.29 is 33.2 Å². The first kappa shape index (κ1) is 44.4. The largest absolute Gasteiger partial charge is 0.462 e. The SMILES string of the molecule is CCOC(=O)c1ccc[n+](COC(=O)N[C@@H](C)Cc2ccccc2)c1.C[C@@H](Cc1ccccc1)NC(=O)OCCl.C[C@H](N)Cc1ccccc1.Cl. The predicted molar refractivity (Wildman–Crippen MR) is 203 cm³/mol. The van der Waals surface area contributed by atoms with Gasteiger partial charge in [0.2, 0.25) is 0 Å². The van der Waals surface area contributed by atoms with Gasteiger partial charge in [-0.3, -0.25) is 0 Å². The predicted octanol–water partition coefficient (Wildman–Crippen LogP) is 7.00. The molecule has 0 saturated heterocycles. The van der Waals surface area contributed by atoms with Gasteiger partial charge in [-0.15, -0.1) is 12.4 Å². The molecule has 0 bridgehead atoms. The van der Waals surface area contributed by atoms with Gasteiger partial charge in [0.25, 0.3) is 6.73 Å². The van der Waals surface area contributed by atoms with Crippen LogP contribution >= 0.6 is 24.0 Å². The second-order valence-electron chi connectivity index (χ2n) is 11.6. The lowest BCUT2D eigenvalue weighted by Crippen LogP contribution is -2.41. The number of esters is 1. The lowest BCUT2D eigenvalue weighted by atomic mass is 10.1. The molecule has 51 heavy (non-hydrogen) atoms. The van der Waals surface area contributed by atoms with Crippen LogP contribution in [0.3, 0.4) is 0 Å². The molecule has 1 heterocycles. The van der Waals surface area contributed by atoms with Crippen LogP contribution in [-0.2, 0) is 40.2 Å². The second kappa shape index (κ2) is 26.2. The van der Waals surface area contributed by atoms with E-state index in [0.717, 1.165) is 24.8 Å². The van der Waals surface area contributed by atoms with Crippen molar-refractivity contribution in [3.63, 3.8) is 0 Å². The number of hydrogen-bond donors (Lipinski definition) is 3. The molecular formula is C39H51Cl2N4O6+. The van der Waals surface area contributed by atoms with Crippen molar-refractivity contribution in [1.82, 2.24) is 10.6 Å². The number of nitrogens with zero attached hydrogens (tertiary/aromatic N) is 1. The van der Waals surface area contributed by atoms with Crippen molar-refractivity contribution in [3.05, 3.63) is 138 Å². The molecule has 0 unspecified atom stereocenters. The van der Waals surface area contributed by atoms with E-state index in [4.69, 9.17) is 26.8 Å². The maximum atomic E-state index is 11.9. The van der Waals surface area contributed by atoms with Crippen molar-refractivity contribution in [2.45, 2.75) is 71.8 Å². The summed E-state index contributed by atoms with van der Waals surface area (Å²) in [5.41, 5.74) is 9.67. The summed E-state index contributed by atoms with van der Waals surface area (Å²) < 4.78 is 16.3. The number of pyridine rings is 1. The zero-order chi connectivity index (χ0) is 36.6. The van der Waals surface area contributed by atoms with Crippen LogP contribution < -0.4 is 20.9 Å². The average molecular weight is 743 g/mol. The van der Waals surface area contributed by atoms with Gasteiger partial charge in [0.15, 0.2) is 18.5 Å². The minimum atomic E-state index is -0.502. The van der Waals surface area contributed by atoms with Crippen LogP contribution in [0.5, 0.6) is 0 Å². The van der Waals surface area contributed by atoms with Gasteiger partial charge in [0.1, 0.15) is 5.56 Å². The van der Waals surface area contributed by atoms with Crippen LogP contribution in [-0.4, -0.2) is 49.0 Å². The number of ether oxygens (including phenoxy) is 3. The third-order valence-electron chi connectivity index (χ3n) is 6.80. The van der Waals surface area contributed by atoms with Crippen LogP contribution in [0.25, 0.3) is 0 Å². The Balaban J connectivity index is 0.000000423. The van der Waals surface area contributed by atoms with E-state index in [1.54, 1.807) is 36.0 Å². The van der Waals surface area contributed by atoms with E-state index in [-0.39, 0.29) is 43.3 Å². The monoisotopic (exact) mass is 741 g/mol. The molecule has 1 aromatic heterocycles. The second-order valence-corrected chi connectivity index (χ2v) is 11.8. The minimum absolute atomic E-state index is 0. The summed E-state index contributed by atoms with van der Waals surface area (Å²) in [6.07, 6.45) is 4.79. The molecule has 10 nitrogen and oxygen atoms in total. The number of nitrogens with one attached hydrogen (secondary N) is 2. The number of benzene rings is 3. The molecule has 0 radical (unpaired) electrons. The molecule has 3 aromatic carbocycles. The number of amides is 2. The molecule has 2 amide bonds. The van der Waals surface area contributed by atoms with Gasteiger partial charge in [0, 0.05) is 24.2 Å².